The maximum absolute atomic E-state index is 12.7. The number of hydrogen-bond acceptors (Lipinski definition) is 6. The molecule has 3 aromatic rings. The minimum atomic E-state index is -0.476. The van der Waals surface area contributed by atoms with Crippen molar-refractivity contribution in [1.29, 1.82) is 0 Å². The molecule has 32 heavy (non-hydrogen) atoms. The maximum Gasteiger partial charge on any atom is 0.261 e. The van der Waals surface area contributed by atoms with Gasteiger partial charge in [-0.05, 0) is 55.5 Å². The molecule has 0 aliphatic carbocycles. The summed E-state index contributed by atoms with van der Waals surface area (Å²) in [5.41, 5.74) is 1.87. The highest BCUT2D eigenvalue weighted by Crippen LogP contribution is 2.32. The Kier molecular flexibility index (Phi) is 6.61. The van der Waals surface area contributed by atoms with E-state index in [2.05, 4.69) is 10.3 Å². The zero-order valence-corrected chi connectivity index (χ0v) is 17.9. The monoisotopic (exact) mass is 438 g/mol. The number of hydrogen-bond donors (Lipinski definition) is 3. The second-order valence-corrected chi connectivity index (χ2v) is 7.69. The highest BCUT2D eigenvalue weighted by molar-refractivity contribution is 5.98. The summed E-state index contributed by atoms with van der Waals surface area (Å²) in [7, 11) is 0. The predicted molar refractivity (Wildman–Crippen MR) is 119 cm³/mol. The lowest BCUT2D eigenvalue weighted by Crippen LogP contribution is -2.29. The molecule has 8 nitrogen and oxygen atoms in total. The summed E-state index contributed by atoms with van der Waals surface area (Å²) < 4.78 is 16.6. The van der Waals surface area contributed by atoms with Crippen molar-refractivity contribution in [3.8, 4) is 17.2 Å². The van der Waals surface area contributed by atoms with Crippen LogP contribution in [-0.4, -0.2) is 36.0 Å². The first-order valence-corrected chi connectivity index (χ1v) is 10.6. The average molecular weight is 438 g/mol. The molecule has 4 rings (SSSR count). The van der Waals surface area contributed by atoms with Gasteiger partial charge in [0.1, 0.15) is 11.3 Å². The van der Waals surface area contributed by atoms with Crippen LogP contribution in [0, 0.1) is 6.92 Å². The van der Waals surface area contributed by atoms with Gasteiger partial charge in [-0.2, -0.15) is 0 Å². The number of aromatic nitrogens is 1. The van der Waals surface area contributed by atoms with Crippen LogP contribution in [0.25, 0.3) is 10.9 Å². The molecule has 0 bridgehead atoms. The number of pyridine rings is 1. The van der Waals surface area contributed by atoms with E-state index < -0.39 is 11.5 Å². The Balaban J connectivity index is 1.49. The normalized spacial score (nSPS) is 12.2. The lowest BCUT2D eigenvalue weighted by Gasteiger charge is -2.13. The number of aromatic amines is 1. The van der Waals surface area contributed by atoms with E-state index >= 15 is 0 Å². The van der Waals surface area contributed by atoms with E-state index in [9.17, 15) is 9.59 Å². The summed E-state index contributed by atoms with van der Waals surface area (Å²) in [5, 5.41) is 12.4. The summed E-state index contributed by atoms with van der Waals surface area (Å²) in [6.45, 7) is 3.00. The van der Waals surface area contributed by atoms with Gasteiger partial charge in [-0.1, -0.05) is 18.2 Å². The number of ether oxygens (including phenoxy) is 3. The van der Waals surface area contributed by atoms with Gasteiger partial charge in [0, 0.05) is 18.5 Å². The Labute approximate surface area is 185 Å². The summed E-state index contributed by atoms with van der Waals surface area (Å²) in [6.07, 6.45) is 2.41. The number of unbranched alkanes of at least 4 members (excludes halogenated alkanes) is 2. The van der Waals surface area contributed by atoms with Gasteiger partial charge in [-0.3, -0.25) is 9.59 Å². The van der Waals surface area contributed by atoms with E-state index in [1.807, 2.05) is 25.1 Å². The number of carbonyl (C=O) groups is 1. The van der Waals surface area contributed by atoms with Gasteiger partial charge in [0.05, 0.1) is 12.1 Å². The number of amides is 1. The largest absolute Gasteiger partial charge is 0.491 e. The predicted octanol–water partition coefficient (Wildman–Crippen LogP) is 3.04. The summed E-state index contributed by atoms with van der Waals surface area (Å²) in [4.78, 5) is 28.2. The third kappa shape index (κ3) is 4.70. The molecule has 1 aliphatic rings. The molecule has 0 radical (unpaired) electrons. The van der Waals surface area contributed by atoms with E-state index in [4.69, 9.17) is 19.3 Å². The van der Waals surface area contributed by atoms with E-state index in [1.165, 1.54) is 0 Å². The second-order valence-electron chi connectivity index (χ2n) is 7.69. The lowest BCUT2D eigenvalue weighted by molar-refractivity contribution is 0.0949. The first-order chi connectivity index (χ1) is 15.6. The number of nitrogens with one attached hydrogen (secondary N) is 2. The highest BCUT2D eigenvalue weighted by Gasteiger charge is 2.16. The topological polar surface area (TPSA) is 110 Å². The molecule has 0 unspecified atom stereocenters. The molecule has 168 valence electrons. The molecule has 0 fully saturated rings. The van der Waals surface area contributed by atoms with Crippen molar-refractivity contribution in [2.75, 3.05) is 20.0 Å². The Morgan fingerprint density at radius 3 is 2.81 bits per heavy atom. The molecular formula is C24H26N2O6. The first-order valence-electron chi connectivity index (χ1n) is 10.6. The summed E-state index contributed by atoms with van der Waals surface area (Å²) in [5.74, 6) is 1.46. The molecular weight excluding hydrogens is 412 g/mol. The third-order valence-electron chi connectivity index (χ3n) is 5.35. The van der Waals surface area contributed by atoms with Crippen LogP contribution >= 0.6 is 0 Å². The molecule has 8 heteroatoms. The Morgan fingerprint density at radius 1 is 1.12 bits per heavy atom. The van der Waals surface area contributed by atoms with Crippen LogP contribution in [0.5, 0.6) is 17.2 Å². The summed E-state index contributed by atoms with van der Waals surface area (Å²) in [6, 6.07) is 10.8. The van der Waals surface area contributed by atoms with Crippen LogP contribution in [0.4, 0.5) is 0 Å². The van der Waals surface area contributed by atoms with Crippen LogP contribution in [0.2, 0.25) is 0 Å². The fourth-order valence-electron chi connectivity index (χ4n) is 3.60. The molecule has 0 saturated heterocycles. The minimum absolute atomic E-state index is 0.0380. The number of aliphatic hydroxyl groups is 1. The smallest absolute Gasteiger partial charge is 0.261 e. The molecule has 1 amide bonds. The third-order valence-corrected chi connectivity index (χ3v) is 5.35. The second kappa shape index (κ2) is 9.74. The van der Waals surface area contributed by atoms with E-state index in [0.717, 1.165) is 30.4 Å². The standard InChI is InChI=1S/C24H26N2O6/c1-15-5-7-17-12-18(24(29)26-21(17)22(15)30-10-4-2-3-9-27)23(28)25-13-16-6-8-19-20(11-16)32-14-31-19/h5-8,11-12,27H,2-4,9-10,13-14H2,1H3,(H,25,28)(H,26,29). The van der Waals surface area contributed by atoms with Gasteiger partial charge in [0.15, 0.2) is 11.5 Å². The van der Waals surface area contributed by atoms with Crippen molar-refractivity contribution in [3.63, 3.8) is 0 Å². The quantitative estimate of drug-likeness (QED) is 0.443. The van der Waals surface area contributed by atoms with Gasteiger partial charge in [0.2, 0.25) is 6.79 Å². The Hall–Kier alpha value is -3.52. The molecule has 2 heterocycles. The average Bonchev–Trinajstić information content (AvgIpc) is 3.26. The van der Waals surface area contributed by atoms with Crippen LogP contribution in [0.1, 0.15) is 40.7 Å². The van der Waals surface area contributed by atoms with Gasteiger partial charge in [-0.15, -0.1) is 0 Å². The lowest BCUT2D eigenvalue weighted by atomic mass is 10.1. The zero-order valence-electron chi connectivity index (χ0n) is 17.9. The van der Waals surface area contributed by atoms with Gasteiger partial charge < -0.3 is 29.6 Å². The molecule has 2 aromatic carbocycles. The highest BCUT2D eigenvalue weighted by atomic mass is 16.7. The van der Waals surface area contributed by atoms with Crippen LogP contribution in [-0.2, 0) is 6.54 Å². The number of aryl methyl sites for hydroxylation is 1. The van der Waals surface area contributed by atoms with Crippen molar-refractivity contribution in [2.24, 2.45) is 0 Å². The number of fused-ring (bicyclic) bond motifs is 2. The van der Waals surface area contributed by atoms with Crippen molar-refractivity contribution in [3.05, 3.63) is 63.4 Å². The summed E-state index contributed by atoms with van der Waals surface area (Å²) >= 11 is 0. The number of H-pyrrole nitrogens is 1. The number of benzene rings is 2. The number of carbonyl (C=O) groups excluding carboxylic acids is 1. The Morgan fingerprint density at radius 2 is 1.97 bits per heavy atom. The maximum atomic E-state index is 12.7. The van der Waals surface area contributed by atoms with E-state index in [1.54, 1.807) is 18.2 Å². The fraction of sp³-hybridized carbons (Fsp3) is 0.333. The minimum Gasteiger partial charge on any atom is -0.491 e. The van der Waals surface area contributed by atoms with Crippen molar-refractivity contribution < 1.29 is 24.1 Å². The molecule has 0 atom stereocenters. The molecule has 1 aliphatic heterocycles. The van der Waals surface area contributed by atoms with Gasteiger partial charge >= 0.3 is 0 Å². The van der Waals surface area contributed by atoms with Crippen molar-refractivity contribution in [2.45, 2.75) is 32.7 Å². The van der Waals surface area contributed by atoms with Crippen LogP contribution < -0.4 is 25.1 Å². The van der Waals surface area contributed by atoms with Crippen LogP contribution in [0.15, 0.2) is 41.2 Å². The van der Waals surface area contributed by atoms with Gasteiger partial charge in [-0.25, -0.2) is 0 Å². The molecule has 1 aromatic heterocycles. The van der Waals surface area contributed by atoms with Crippen molar-refractivity contribution >= 4 is 16.8 Å². The first kappa shape index (κ1) is 21.7. The molecule has 3 N–H and O–H groups in total. The van der Waals surface area contributed by atoms with Crippen molar-refractivity contribution in [1.82, 2.24) is 10.3 Å². The number of rotatable bonds is 9. The molecule has 0 spiro atoms. The SMILES string of the molecule is Cc1ccc2cc(C(=O)NCc3ccc4c(c3)OCO4)c(=O)[nH]c2c1OCCCCCO. The Bertz CT molecular complexity index is 1190. The fourth-order valence-corrected chi connectivity index (χ4v) is 3.60. The number of aliphatic hydroxyl groups excluding tert-OH is 1. The van der Waals surface area contributed by atoms with Gasteiger partial charge in [0.25, 0.3) is 11.5 Å². The molecule has 0 saturated carbocycles. The van der Waals surface area contributed by atoms with Crippen LogP contribution in [0.3, 0.4) is 0 Å². The zero-order chi connectivity index (χ0) is 22.5. The van der Waals surface area contributed by atoms with E-state index in [-0.39, 0.29) is 25.5 Å². The van der Waals surface area contributed by atoms with E-state index in [0.29, 0.717) is 34.8 Å².